The second-order valence-corrected chi connectivity index (χ2v) is 5.94. The van der Waals surface area contributed by atoms with E-state index in [4.69, 9.17) is 10.5 Å². The van der Waals surface area contributed by atoms with Crippen LogP contribution in [0.15, 0.2) is 4.99 Å². The molecule has 2 rings (SSSR count). The SMILES string of the molecule is CC1(CN=C(N)NC2CCCCCC2)CCCO1.I. The molecule has 1 aliphatic heterocycles. The lowest BCUT2D eigenvalue weighted by Crippen LogP contribution is -2.41. The number of nitrogens with two attached hydrogens (primary N) is 1. The summed E-state index contributed by atoms with van der Waals surface area (Å²) in [5, 5.41) is 3.37. The van der Waals surface area contributed by atoms with Crippen LogP contribution in [0, 0.1) is 0 Å². The third-order valence-corrected chi connectivity index (χ3v) is 4.09. The van der Waals surface area contributed by atoms with E-state index in [1.54, 1.807) is 0 Å². The van der Waals surface area contributed by atoms with E-state index in [9.17, 15) is 0 Å². The van der Waals surface area contributed by atoms with Crippen molar-refractivity contribution < 1.29 is 4.74 Å². The van der Waals surface area contributed by atoms with Gasteiger partial charge in [0.2, 0.25) is 0 Å². The van der Waals surface area contributed by atoms with Gasteiger partial charge in [0.15, 0.2) is 5.96 Å². The highest BCUT2D eigenvalue weighted by Gasteiger charge is 2.29. The number of hydrogen-bond donors (Lipinski definition) is 2. The first-order valence-corrected chi connectivity index (χ1v) is 7.38. The maximum absolute atomic E-state index is 5.98. The Balaban J connectivity index is 0.00000180. The standard InChI is InChI=1S/C14H27N3O.HI/c1-14(9-6-10-18-14)11-16-13(15)17-12-7-4-2-3-5-8-12;/h12H,2-11H2,1H3,(H3,15,16,17);1H. The molecule has 1 unspecified atom stereocenters. The predicted molar refractivity (Wildman–Crippen MR) is 90.1 cm³/mol. The maximum Gasteiger partial charge on any atom is 0.188 e. The summed E-state index contributed by atoms with van der Waals surface area (Å²) < 4.78 is 5.71. The van der Waals surface area contributed by atoms with Crippen molar-refractivity contribution in [3.8, 4) is 0 Å². The first kappa shape index (κ1) is 17.0. The number of ether oxygens (including phenoxy) is 1. The molecule has 19 heavy (non-hydrogen) atoms. The van der Waals surface area contributed by atoms with Gasteiger partial charge in [0, 0.05) is 12.6 Å². The van der Waals surface area contributed by atoms with Gasteiger partial charge in [-0.2, -0.15) is 0 Å². The van der Waals surface area contributed by atoms with Gasteiger partial charge in [-0.25, -0.2) is 0 Å². The van der Waals surface area contributed by atoms with Gasteiger partial charge in [-0.1, -0.05) is 25.7 Å². The van der Waals surface area contributed by atoms with Crippen molar-refractivity contribution in [2.24, 2.45) is 10.7 Å². The molecule has 1 saturated heterocycles. The summed E-state index contributed by atoms with van der Waals surface area (Å²) in [6.07, 6.45) is 10.0. The molecule has 2 fully saturated rings. The maximum atomic E-state index is 5.98. The smallest absolute Gasteiger partial charge is 0.188 e. The van der Waals surface area contributed by atoms with Crippen molar-refractivity contribution in [3.05, 3.63) is 0 Å². The fourth-order valence-corrected chi connectivity index (χ4v) is 2.89. The van der Waals surface area contributed by atoms with Crippen LogP contribution in [0.4, 0.5) is 0 Å². The van der Waals surface area contributed by atoms with Gasteiger partial charge >= 0.3 is 0 Å². The number of nitrogens with zero attached hydrogens (tertiary/aromatic N) is 1. The van der Waals surface area contributed by atoms with Crippen LogP contribution >= 0.6 is 24.0 Å². The lowest BCUT2D eigenvalue weighted by atomic mass is 10.0. The third kappa shape index (κ3) is 5.85. The Morgan fingerprint density at radius 2 is 1.95 bits per heavy atom. The van der Waals surface area contributed by atoms with E-state index in [2.05, 4.69) is 17.2 Å². The van der Waals surface area contributed by atoms with Crippen molar-refractivity contribution in [2.75, 3.05) is 13.2 Å². The first-order chi connectivity index (χ1) is 8.68. The van der Waals surface area contributed by atoms with Crippen molar-refractivity contribution >= 4 is 29.9 Å². The van der Waals surface area contributed by atoms with E-state index < -0.39 is 0 Å². The molecule has 0 amide bonds. The van der Waals surface area contributed by atoms with Gasteiger partial charge in [0.1, 0.15) is 0 Å². The number of halogens is 1. The second kappa shape index (κ2) is 8.29. The van der Waals surface area contributed by atoms with Crippen molar-refractivity contribution in [1.82, 2.24) is 5.32 Å². The highest BCUT2D eigenvalue weighted by molar-refractivity contribution is 14.0. The quantitative estimate of drug-likeness (QED) is 0.342. The topological polar surface area (TPSA) is 59.6 Å². The normalized spacial score (nSPS) is 29.6. The van der Waals surface area contributed by atoms with Crippen molar-refractivity contribution in [3.63, 3.8) is 0 Å². The number of rotatable bonds is 3. The Bertz CT molecular complexity index is 282. The molecule has 1 atom stereocenters. The zero-order valence-corrected chi connectivity index (χ0v) is 14.3. The van der Waals surface area contributed by atoms with Gasteiger partial charge in [0.05, 0.1) is 12.1 Å². The lowest BCUT2D eigenvalue weighted by Gasteiger charge is -2.22. The van der Waals surface area contributed by atoms with Crippen LogP contribution < -0.4 is 11.1 Å². The molecule has 1 aliphatic carbocycles. The minimum Gasteiger partial charge on any atom is -0.373 e. The summed E-state index contributed by atoms with van der Waals surface area (Å²) >= 11 is 0. The summed E-state index contributed by atoms with van der Waals surface area (Å²) in [7, 11) is 0. The zero-order chi connectivity index (χ0) is 12.8. The molecule has 3 N–H and O–H groups in total. The zero-order valence-electron chi connectivity index (χ0n) is 12.0. The summed E-state index contributed by atoms with van der Waals surface area (Å²) in [5.74, 6) is 0.596. The van der Waals surface area contributed by atoms with Crippen LogP contribution in [-0.2, 0) is 4.74 Å². The average Bonchev–Trinajstić information content (AvgIpc) is 2.62. The van der Waals surface area contributed by atoms with Crippen LogP contribution in [0.2, 0.25) is 0 Å². The van der Waals surface area contributed by atoms with E-state index in [1.165, 1.54) is 38.5 Å². The highest BCUT2D eigenvalue weighted by atomic mass is 127. The minimum atomic E-state index is -0.0875. The lowest BCUT2D eigenvalue weighted by molar-refractivity contribution is 0.0284. The van der Waals surface area contributed by atoms with E-state index in [0.29, 0.717) is 18.5 Å². The largest absolute Gasteiger partial charge is 0.373 e. The predicted octanol–water partition coefficient (Wildman–Crippen LogP) is 2.80. The molecule has 0 spiro atoms. The molecule has 1 heterocycles. The van der Waals surface area contributed by atoms with Gasteiger partial charge < -0.3 is 15.8 Å². The average molecular weight is 381 g/mol. The first-order valence-electron chi connectivity index (χ1n) is 7.38. The minimum absolute atomic E-state index is 0. The fourth-order valence-electron chi connectivity index (χ4n) is 2.89. The summed E-state index contributed by atoms with van der Waals surface area (Å²) in [5.41, 5.74) is 5.89. The highest BCUT2D eigenvalue weighted by Crippen LogP contribution is 2.25. The van der Waals surface area contributed by atoms with E-state index in [1.807, 2.05) is 0 Å². The summed E-state index contributed by atoms with van der Waals surface area (Å²) in [6.45, 7) is 3.67. The van der Waals surface area contributed by atoms with Gasteiger partial charge in [-0.15, -0.1) is 24.0 Å². The van der Waals surface area contributed by atoms with E-state index in [-0.39, 0.29) is 29.6 Å². The molecule has 0 radical (unpaired) electrons. The molecule has 5 heteroatoms. The van der Waals surface area contributed by atoms with E-state index in [0.717, 1.165) is 19.4 Å². The Labute approximate surface area is 134 Å². The van der Waals surface area contributed by atoms with Crippen molar-refractivity contribution in [2.45, 2.75) is 69.9 Å². The molecule has 4 nitrogen and oxygen atoms in total. The number of aliphatic imine (C=N–C) groups is 1. The molecule has 0 aromatic heterocycles. The molecule has 2 aliphatic rings. The van der Waals surface area contributed by atoms with Gasteiger partial charge in [-0.05, 0) is 32.6 Å². The second-order valence-electron chi connectivity index (χ2n) is 5.94. The van der Waals surface area contributed by atoms with Crippen LogP contribution in [0.25, 0.3) is 0 Å². The molecule has 0 aromatic carbocycles. The Morgan fingerprint density at radius 3 is 2.53 bits per heavy atom. The Hall–Kier alpha value is -0.0400. The molecular weight excluding hydrogens is 353 g/mol. The number of hydrogen-bond acceptors (Lipinski definition) is 2. The molecular formula is C14H28IN3O. The van der Waals surface area contributed by atoms with Crippen molar-refractivity contribution in [1.29, 1.82) is 0 Å². The van der Waals surface area contributed by atoms with Gasteiger partial charge in [0.25, 0.3) is 0 Å². The van der Waals surface area contributed by atoms with Crippen LogP contribution in [0.1, 0.15) is 58.3 Å². The van der Waals surface area contributed by atoms with Gasteiger partial charge in [-0.3, -0.25) is 4.99 Å². The van der Waals surface area contributed by atoms with Crippen LogP contribution in [0.5, 0.6) is 0 Å². The van der Waals surface area contributed by atoms with Crippen LogP contribution in [-0.4, -0.2) is 30.8 Å². The Morgan fingerprint density at radius 1 is 1.26 bits per heavy atom. The Kier molecular flexibility index (Phi) is 7.42. The fraction of sp³-hybridized carbons (Fsp3) is 0.929. The number of guanidine groups is 1. The van der Waals surface area contributed by atoms with Crippen LogP contribution in [0.3, 0.4) is 0 Å². The molecule has 1 saturated carbocycles. The van der Waals surface area contributed by atoms with E-state index >= 15 is 0 Å². The molecule has 0 aromatic rings. The number of nitrogens with one attached hydrogen (secondary N) is 1. The molecule has 0 bridgehead atoms. The summed E-state index contributed by atoms with van der Waals surface area (Å²) in [6, 6.07) is 0.522. The third-order valence-electron chi connectivity index (χ3n) is 4.09. The monoisotopic (exact) mass is 381 g/mol. The summed E-state index contributed by atoms with van der Waals surface area (Å²) in [4.78, 5) is 4.46. The molecule has 112 valence electrons.